The zero-order chi connectivity index (χ0) is 27.8. The summed E-state index contributed by atoms with van der Waals surface area (Å²) in [5.74, 6) is 1.31. The van der Waals surface area contributed by atoms with Crippen LogP contribution in [0.15, 0.2) is 71.6 Å². The number of ether oxygens (including phenoxy) is 5. The van der Waals surface area contributed by atoms with Gasteiger partial charge in [0.1, 0.15) is 12.4 Å². The Morgan fingerprint density at radius 3 is 2.31 bits per heavy atom. The number of carbonyl (C=O) groups excluding carboxylic acids is 3. The second-order valence-corrected chi connectivity index (χ2v) is 9.08. The van der Waals surface area contributed by atoms with E-state index in [9.17, 15) is 14.4 Å². The maximum atomic E-state index is 12.9. The van der Waals surface area contributed by atoms with Crippen LogP contribution in [0, 0.1) is 0 Å². The van der Waals surface area contributed by atoms with Gasteiger partial charge in [0.2, 0.25) is 0 Å². The Morgan fingerprint density at radius 1 is 0.872 bits per heavy atom. The average molecular weight is 550 g/mol. The summed E-state index contributed by atoms with van der Waals surface area (Å²) in [6.07, 6.45) is 1.60. The number of hydrogen-bond acceptors (Lipinski definition) is 9. The van der Waals surface area contributed by atoms with E-state index in [1.807, 2.05) is 12.1 Å². The van der Waals surface area contributed by atoms with E-state index < -0.39 is 11.9 Å². The molecular weight excluding hydrogens is 522 g/mol. The van der Waals surface area contributed by atoms with Gasteiger partial charge in [-0.1, -0.05) is 18.2 Å². The van der Waals surface area contributed by atoms with E-state index in [1.165, 1.54) is 7.11 Å². The van der Waals surface area contributed by atoms with Crippen molar-refractivity contribution in [3.63, 3.8) is 0 Å². The van der Waals surface area contributed by atoms with Gasteiger partial charge in [0.05, 0.1) is 37.8 Å². The molecule has 1 heterocycles. The Kier molecular flexibility index (Phi) is 9.11. The van der Waals surface area contributed by atoms with Gasteiger partial charge in [0.15, 0.2) is 23.0 Å². The van der Waals surface area contributed by atoms with Gasteiger partial charge in [0.25, 0.3) is 11.1 Å². The third kappa shape index (κ3) is 6.71. The molecule has 3 aromatic carbocycles. The van der Waals surface area contributed by atoms with E-state index in [-0.39, 0.29) is 29.0 Å². The lowest BCUT2D eigenvalue weighted by atomic mass is 10.1. The van der Waals surface area contributed by atoms with E-state index in [1.54, 1.807) is 74.7 Å². The quantitative estimate of drug-likeness (QED) is 0.176. The number of imide groups is 1. The number of para-hydroxylation sites is 2. The first-order valence-corrected chi connectivity index (χ1v) is 12.9. The largest absolute Gasteiger partial charge is 0.497 e. The van der Waals surface area contributed by atoms with Gasteiger partial charge >= 0.3 is 5.97 Å². The van der Waals surface area contributed by atoms with E-state index in [4.69, 9.17) is 23.7 Å². The number of nitrogens with zero attached hydrogens (tertiary/aromatic N) is 1. The van der Waals surface area contributed by atoms with Crippen LogP contribution in [0.4, 0.5) is 4.79 Å². The predicted molar refractivity (Wildman–Crippen MR) is 147 cm³/mol. The van der Waals surface area contributed by atoms with Crippen molar-refractivity contribution in [2.24, 2.45) is 0 Å². The number of esters is 1. The fraction of sp³-hybridized carbons (Fsp3) is 0.207. The zero-order valence-electron chi connectivity index (χ0n) is 21.7. The molecule has 0 saturated carbocycles. The molecule has 10 heteroatoms. The van der Waals surface area contributed by atoms with Crippen molar-refractivity contribution in [3.05, 3.63) is 82.8 Å². The minimum Gasteiger partial charge on any atom is -0.497 e. The molecule has 1 aliphatic heterocycles. The highest BCUT2D eigenvalue weighted by Gasteiger charge is 2.35. The monoisotopic (exact) mass is 549 g/mol. The molecule has 0 radical (unpaired) electrons. The summed E-state index contributed by atoms with van der Waals surface area (Å²) in [7, 11) is 3.08. The van der Waals surface area contributed by atoms with Gasteiger partial charge in [-0.05, 0) is 78.9 Å². The normalized spacial score (nSPS) is 13.9. The highest BCUT2D eigenvalue weighted by Crippen LogP contribution is 2.35. The summed E-state index contributed by atoms with van der Waals surface area (Å²) < 4.78 is 27.3. The smallest absolute Gasteiger partial charge is 0.343 e. The topological polar surface area (TPSA) is 101 Å². The molecule has 1 aliphatic rings. The van der Waals surface area contributed by atoms with Gasteiger partial charge in [-0.25, -0.2) is 4.79 Å². The van der Waals surface area contributed by atoms with Crippen LogP contribution in [0.3, 0.4) is 0 Å². The molecule has 39 heavy (non-hydrogen) atoms. The van der Waals surface area contributed by atoms with Gasteiger partial charge in [-0.15, -0.1) is 0 Å². The van der Waals surface area contributed by atoms with Crippen LogP contribution in [0.2, 0.25) is 0 Å². The second-order valence-electron chi connectivity index (χ2n) is 8.09. The average Bonchev–Trinajstić information content (AvgIpc) is 3.22. The van der Waals surface area contributed by atoms with Crippen LogP contribution >= 0.6 is 11.8 Å². The molecule has 0 bridgehead atoms. The van der Waals surface area contributed by atoms with Crippen LogP contribution in [-0.4, -0.2) is 56.0 Å². The molecule has 0 aromatic heterocycles. The summed E-state index contributed by atoms with van der Waals surface area (Å²) >= 11 is 0.847. The zero-order valence-corrected chi connectivity index (χ0v) is 22.5. The number of rotatable bonds is 11. The fourth-order valence-corrected chi connectivity index (χ4v) is 4.55. The molecular formula is C29H27NO8S. The molecule has 3 aromatic rings. The standard InChI is InChI=1S/C29H27NO8S/c1-4-36-25-17-19(9-14-24(25)38-28(32)20-10-12-21(34-2)13-11-20)18-26-27(31)30(29(33)39-26)15-16-37-23-8-6-5-7-22(23)35-3/h5-14,17-18H,4,15-16H2,1-3H3/b26-18-. The number of amides is 2. The van der Waals surface area contributed by atoms with E-state index in [0.29, 0.717) is 40.7 Å². The molecule has 0 spiro atoms. The van der Waals surface area contributed by atoms with Crippen LogP contribution < -0.4 is 23.7 Å². The van der Waals surface area contributed by atoms with Gasteiger partial charge in [-0.2, -0.15) is 0 Å². The molecule has 1 fully saturated rings. The van der Waals surface area contributed by atoms with Crippen LogP contribution in [-0.2, 0) is 4.79 Å². The van der Waals surface area contributed by atoms with Crippen molar-refractivity contribution in [3.8, 4) is 28.7 Å². The number of hydrogen-bond donors (Lipinski definition) is 0. The third-order valence-electron chi connectivity index (χ3n) is 5.61. The Bertz CT molecular complexity index is 1390. The molecule has 4 rings (SSSR count). The molecule has 202 valence electrons. The van der Waals surface area contributed by atoms with Crippen molar-refractivity contribution >= 4 is 35.0 Å². The molecule has 9 nitrogen and oxygen atoms in total. The molecule has 0 aliphatic carbocycles. The second kappa shape index (κ2) is 12.9. The first-order chi connectivity index (χ1) is 18.9. The summed E-state index contributed by atoms with van der Waals surface area (Å²) in [6, 6.07) is 18.6. The van der Waals surface area contributed by atoms with Crippen molar-refractivity contribution in [1.29, 1.82) is 0 Å². The third-order valence-corrected chi connectivity index (χ3v) is 6.52. The molecule has 2 amide bonds. The van der Waals surface area contributed by atoms with Gasteiger partial charge in [-0.3, -0.25) is 14.5 Å². The maximum absolute atomic E-state index is 12.9. The highest BCUT2D eigenvalue weighted by molar-refractivity contribution is 8.18. The fourth-order valence-electron chi connectivity index (χ4n) is 3.68. The van der Waals surface area contributed by atoms with E-state index in [0.717, 1.165) is 16.7 Å². The molecule has 0 N–H and O–H groups in total. The Balaban J connectivity index is 1.44. The van der Waals surface area contributed by atoms with Crippen molar-refractivity contribution < 1.29 is 38.1 Å². The van der Waals surface area contributed by atoms with Crippen LogP contribution in [0.5, 0.6) is 28.7 Å². The molecule has 1 saturated heterocycles. The van der Waals surface area contributed by atoms with Gasteiger partial charge < -0.3 is 23.7 Å². The van der Waals surface area contributed by atoms with Crippen LogP contribution in [0.1, 0.15) is 22.8 Å². The van der Waals surface area contributed by atoms with Crippen molar-refractivity contribution in [2.45, 2.75) is 6.92 Å². The first kappa shape index (κ1) is 27.6. The lowest BCUT2D eigenvalue weighted by Gasteiger charge is -2.14. The number of thioether (sulfide) groups is 1. The predicted octanol–water partition coefficient (Wildman–Crippen LogP) is 5.44. The lowest BCUT2D eigenvalue weighted by Crippen LogP contribution is -2.32. The molecule has 0 atom stereocenters. The number of methoxy groups -OCH3 is 2. The van der Waals surface area contributed by atoms with Crippen LogP contribution in [0.25, 0.3) is 6.08 Å². The summed E-state index contributed by atoms with van der Waals surface area (Å²) in [5, 5.41) is -0.384. The van der Waals surface area contributed by atoms with Crippen molar-refractivity contribution in [1.82, 2.24) is 4.90 Å². The van der Waals surface area contributed by atoms with E-state index >= 15 is 0 Å². The Hall–Kier alpha value is -4.44. The SMILES string of the molecule is CCOc1cc(/C=C2\SC(=O)N(CCOc3ccccc3OC)C2=O)ccc1OC(=O)c1ccc(OC)cc1. The minimum absolute atomic E-state index is 0.0878. The summed E-state index contributed by atoms with van der Waals surface area (Å²) in [6.45, 7) is 2.35. The Labute approximate surface area is 230 Å². The maximum Gasteiger partial charge on any atom is 0.343 e. The lowest BCUT2D eigenvalue weighted by molar-refractivity contribution is -0.123. The minimum atomic E-state index is -0.553. The summed E-state index contributed by atoms with van der Waals surface area (Å²) in [5.41, 5.74) is 0.962. The molecule has 0 unspecified atom stereocenters. The van der Waals surface area contributed by atoms with Gasteiger partial charge in [0, 0.05) is 0 Å². The Morgan fingerprint density at radius 2 is 1.62 bits per heavy atom. The summed E-state index contributed by atoms with van der Waals surface area (Å²) in [4.78, 5) is 39.5. The number of carbonyl (C=O) groups is 3. The first-order valence-electron chi connectivity index (χ1n) is 12.1. The number of benzene rings is 3. The van der Waals surface area contributed by atoms with Crippen molar-refractivity contribution in [2.75, 3.05) is 34.0 Å². The highest BCUT2D eigenvalue weighted by atomic mass is 32.2. The van der Waals surface area contributed by atoms with E-state index in [2.05, 4.69) is 0 Å².